The molecule has 0 spiro atoms. The van der Waals surface area contributed by atoms with Gasteiger partial charge in [0.1, 0.15) is 5.75 Å². The van der Waals surface area contributed by atoms with Crippen molar-refractivity contribution in [3.63, 3.8) is 0 Å². The van der Waals surface area contributed by atoms with E-state index in [9.17, 15) is 4.79 Å². The summed E-state index contributed by atoms with van der Waals surface area (Å²) in [6, 6.07) is 15.5. The average Bonchev–Trinajstić information content (AvgIpc) is 3.09. The molecule has 1 aromatic heterocycles. The molecule has 0 aliphatic carbocycles. The van der Waals surface area contributed by atoms with Gasteiger partial charge in [-0.25, -0.2) is 0 Å². The second-order valence-electron chi connectivity index (χ2n) is 6.66. The maximum Gasteiger partial charge on any atom is 0.263 e. The first-order chi connectivity index (χ1) is 12.9. The van der Waals surface area contributed by atoms with Gasteiger partial charge in [-0.05, 0) is 44.0 Å². The molecule has 6 nitrogen and oxygen atoms in total. The van der Waals surface area contributed by atoms with Crippen LogP contribution >= 0.6 is 0 Å². The van der Waals surface area contributed by atoms with Crippen molar-refractivity contribution >= 4 is 5.91 Å². The molecule has 0 aliphatic heterocycles. The molecular weight excluding hydrogens is 342 g/mol. The highest BCUT2D eigenvalue weighted by Gasteiger charge is 2.21. The monoisotopic (exact) mass is 365 g/mol. The Morgan fingerprint density at radius 1 is 1.15 bits per heavy atom. The summed E-state index contributed by atoms with van der Waals surface area (Å²) in [6.45, 7) is 5.95. The minimum atomic E-state index is -0.618. The number of aromatic nitrogens is 2. The predicted molar refractivity (Wildman–Crippen MR) is 102 cm³/mol. The van der Waals surface area contributed by atoms with Crippen LogP contribution < -0.4 is 4.74 Å². The lowest BCUT2D eigenvalue weighted by Gasteiger charge is -2.21. The Morgan fingerprint density at radius 3 is 2.48 bits per heavy atom. The number of benzene rings is 2. The molecule has 0 unspecified atom stereocenters. The lowest BCUT2D eigenvalue weighted by atomic mass is 10.1. The first kappa shape index (κ1) is 18.6. The molecule has 0 N–H and O–H groups in total. The van der Waals surface area contributed by atoms with Crippen LogP contribution in [0.2, 0.25) is 0 Å². The topological polar surface area (TPSA) is 68.5 Å². The maximum absolute atomic E-state index is 12.6. The molecule has 140 valence electrons. The third kappa shape index (κ3) is 4.73. The van der Waals surface area contributed by atoms with E-state index in [1.54, 1.807) is 14.0 Å². The fourth-order valence-corrected chi connectivity index (χ4v) is 2.87. The highest BCUT2D eigenvalue weighted by atomic mass is 16.5. The number of hydrogen-bond acceptors (Lipinski definition) is 5. The van der Waals surface area contributed by atoms with Crippen LogP contribution in [0.15, 0.2) is 53.1 Å². The van der Waals surface area contributed by atoms with E-state index in [2.05, 4.69) is 16.2 Å². The van der Waals surface area contributed by atoms with Gasteiger partial charge in [-0.1, -0.05) is 41.6 Å². The molecule has 0 saturated carbocycles. The molecule has 0 aliphatic rings. The zero-order valence-corrected chi connectivity index (χ0v) is 16.0. The van der Waals surface area contributed by atoms with Crippen molar-refractivity contribution in [3.05, 3.63) is 65.5 Å². The summed E-state index contributed by atoms with van der Waals surface area (Å²) >= 11 is 0. The van der Waals surface area contributed by atoms with Crippen LogP contribution in [0.25, 0.3) is 11.4 Å². The largest absolute Gasteiger partial charge is 0.481 e. The van der Waals surface area contributed by atoms with Crippen LogP contribution in [-0.2, 0) is 11.3 Å². The fourth-order valence-electron chi connectivity index (χ4n) is 2.87. The summed E-state index contributed by atoms with van der Waals surface area (Å²) in [5.74, 6) is 1.41. The summed E-state index contributed by atoms with van der Waals surface area (Å²) in [5, 5.41) is 3.98. The van der Waals surface area contributed by atoms with Crippen molar-refractivity contribution in [2.45, 2.75) is 33.4 Å². The van der Waals surface area contributed by atoms with Gasteiger partial charge in [-0.2, -0.15) is 4.98 Å². The number of ether oxygens (including phenoxy) is 1. The Bertz CT molecular complexity index is 901. The summed E-state index contributed by atoms with van der Waals surface area (Å²) in [5.41, 5.74) is 3.06. The number of carbonyl (C=O) groups is 1. The molecule has 27 heavy (non-hydrogen) atoms. The van der Waals surface area contributed by atoms with Gasteiger partial charge >= 0.3 is 0 Å². The molecule has 6 heteroatoms. The molecule has 3 rings (SSSR count). The van der Waals surface area contributed by atoms with Gasteiger partial charge in [0.25, 0.3) is 5.91 Å². The minimum Gasteiger partial charge on any atom is -0.481 e. The summed E-state index contributed by atoms with van der Waals surface area (Å²) < 4.78 is 11.1. The molecule has 1 heterocycles. The van der Waals surface area contributed by atoms with Crippen LogP contribution in [0.1, 0.15) is 23.9 Å². The molecule has 0 fully saturated rings. The van der Waals surface area contributed by atoms with Gasteiger partial charge in [0.15, 0.2) is 6.10 Å². The molecule has 2 aromatic carbocycles. The van der Waals surface area contributed by atoms with E-state index in [0.717, 1.165) is 16.7 Å². The second kappa shape index (κ2) is 8.03. The van der Waals surface area contributed by atoms with Gasteiger partial charge in [0.05, 0.1) is 6.54 Å². The molecule has 1 atom stereocenters. The van der Waals surface area contributed by atoms with E-state index in [1.165, 1.54) is 4.90 Å². The van der Waals surface area contributed by atoms with Gasteiger partial charge in [0, 0.05) is 12.6 Å². The second-order valence-corrected chi connectivity index (χ2v) is 6.66. The zero-order chi connectivity index (χ0) is 19.4. The maximum atomic E-state index is 12.6. The lowest BCUT2D eigenvalue weighted by Crippen LogP contribution is -2.37. The normalized spacial score (nSPS) is 11.9. The van der Waals surface area contributed by atoms with E-state index in [-0.39, 0.29) is 12.5 Å². The van der Waals surface area contributed by atoms with Crippen LogP contribution in [0.3, 0.4) is 0 Å². The number of hydrogen-bond donors (Lipinski definition) is 0. The highest BCUT2D eigenvalue weighted by molar-refractivity contribution is 5.80. The van der Waals surface area contributed by atoms with Crippen LogP contribution in [0.4, 0.5) is 0 Å². The van der Waals surface area contributed by atoms with E-state index in [4.69, 9.17) is 9.26 Å². The molecule has 1 amide bonds. The Balaban J connectivity index is 1.62. The first-order valence-corrected chi connectivity index (χ1v) is 8.80. The van der Waals surface area contributed by atoms with Gasteiger partial charge in [-0.3, -0.25) is 4.79 Å². The Morgan fingerprint density at radius 2 is 1.81 bits per heavy atom. The van der Waals surface area contributed by atoms with Crippen LogP contribution in [0, 0.1) is 13.8 Å². The number of nitrogens with zero attached hydrogens (tertiary/aromatic N) is 3. The molecule has 0 bridgehead atoms. The van der Waals surface area contributed by atoms with E-state index in [0.29, 0.717) is 17.5 Å². The van der Waals surface area contributed by atoms with Crippen molar-refractivity contribution in [1.82, 2.24) is 15.0 Å². The van der Waals surface area contributed by atoms with Gasteiger partial charge < -0.3 is 14.2 Å². The fraction of sp³-hybridized carbons (Fsp3) is 0.286. The van der Waals surface area contributed by atoms with Crippen LogP contribution in [-0.4, -0.2) is 34.1 Å². The SMILES string of the molecule is Cc1cc(C)cc(O[C@@H](C)C(=O)N(C)Cc2nc(-c3ccccc3)no2)c1. The van der Waals surface area contributed by atoms with Crippen molar-refractivity contribution in [1.29, 1.82) is 0 Å². The number of amides is 1. The van der Waals surface area contributed by atoms with Crippen molar-refractivity contribution in [2.24, 2.45) is 0 Å². The summed E-state index contributed by atoms with van der Waals surface area (Å²) in [4.78, 5) is 18.5. The molecule has 0 saturated heterocycles. The van der Waals surface area contributed by atoms with Crippen LogP contribution in [0.5, 0.6) is 5.75 Å². The Labute approximate surface area is 158 Å². The quantitative estimate of drug-likeness (QED) is 0.665. The summed E-state index contributed by atoms with van der Waals surface area (Å²) in [7, 11) is 1.69. The standard InChI is InChI=1S/C21H23N3O3/c1-14-10-15(2)12-18(11-14)26-16(3)21(25)24(4)13-19-22-20(23-27-19)17-8-6-5-7-9-17/h5-12,16H,13H2,1-4H3/t16-/m0/s1. The number of aryl methyl sites for hydroxylation is 2. The van der Waals surface area contributed by atoms with Crippen molar-refractivity contribution in [3.8, 4) is 17.1 Å². The van der Waals surface area contributed by atoms with Crippen molar-refractivity contribution < 1.29 is 14.1 Å². The average molecular weight is 365 g/mol. The van der Waals surface area contributed by atoms with E-state index in [1.807, 2.05) is 56.3 Å². The molecule has 0 radical (unpaired) electrons. The number of rotatable bonds is 6. The minimum absolute atomic E-state index is 0.159. The third-order valence-corrected chi connectivity index (χ3v) is 4.10. The number of likely N-dealkylation sites (N-methyl/N-ethyl adjacent to an activating group) is 1. The summed E-state index contributed by atoms with van der Waals surface area (Å²) in [6.07, 6.45) is -0.618. The van der Waals surface area contributed by atoms with Gasteiger partial charge in [0.2, 0.25) is 11.7 Å². The molecular formula is C21H23N3O3. The zero-order valence-electron chi connectivity index (χ0n) is 16.0. The Hall–Kier alpha value is -3.15. The van der Waals surface area contributed by atoms with E-state index < -0.39 is 6.10 Å². The Kier molecular flexibility index (Phi) is 5.54. The predicted octanol–water partition coefficient (Wildman–Crippen LogP) is 3.78. The highest BCUT2D eigenvalue weighted by Crippen LogP contribution is 2.19. The third-order valence-electron chi connectivity index (χ3n) is 4.10. The van der Waals surface area contributed by atoms with E-state index >= 15 is 0 Å². The lowest BCUT2D eigenvalue weighted by molar-refractivity contribution is -0.137. The molecule has 3 aromatic rings. The number of carbonyl (C=O) groups excluding carboxylic acids is 1. The van der Waals surface area contributed by atoms with Gasteiger partial charge in [-0.15, -0.1) is 0 Å². The van der Waals surface area contributed by atoms with Crippen molar-refractivity contribution in [2.75, 3.05) is 7.05 Å². The first-order valence-electron chi connectivity index (χ1n) is 8.80. The smallest absolute Gasteiger partial charge is 0.263 e.